The first-order valence-corrected chi connectivity index (χ1v) is 7.93. The first kappa shape index (κ1) is 15.9. The maximum Gasteiger partial charge on any atom is 0.291 e. The fourth-order valence-corrected chi connectivity index (χ4v) is 2.80. The SMILES string of the molecule is CCC(CC)C(CNC(=O)c1n[nH]c(C2CC2)n1)N(C)C. The highest BCUT2D eigenvalue weighted by atomic mass is 16.2. The van der Waals surface area contributed by atoms with Crippen molar-refractivity contribution < 1.29 is 4.79 Å². The van der Waals surface area contributed by atoms with Gasteiger partial charge in [0.2, 0.25) is 5.82 Å². The van der Waals surface area contributed by atoms with Crippen LogP contribution in [0.3, 0.4) is 0 Å². The van der Waals surface area contributed by atoms with Gasteiger partial charge in [-0.3, -0.25) is 9.89 Å². The molecule has 0 bridgehead atoms. The molecule has 1 atom stereocenters. The van der Waals surface area contributed by atoms with E-state index in [4.69, 9.17) is 0 Å². The predicted molar refractivity (Wildman–Crippen MR) is 82.2 cm³/mol. The second kappa shape index (κ2) is 7.02. The standard InChI is InChI=1S/C15H27N5O/c1-5-10(6-2)12(20(3)4)9-16-15(21)14-17-13(18-19-14)11-7-8-11/h10-12H,5-9H2,1-4H3,(H,16,21)(H,17,18,19). The van der Waals surface area contributed by atoms with Crippen molar-refractivity contribution in [2.45, 2.75) is 51.5 Å². The molecule has 1 aliphatic carbocycles. The molecule has 118 valence electrons. The zero-order valence-electron chi connectivity index (χ0n) is 13.5. The summed E-state index contributed by atoms with van der Waals surface area (Å²) in [7, 11) is 4.13. The Bertz CT molecular complexity index is 462. The first-order valence-electron chi connectivity index (χ1n) is 7.93. The summed E-state index contributed by atoms with van der Waals surface area (Å²) < 4.78 is 0. The van der Waals surface area contributed by atoms with Crippen molar-refractivity contribution in [1.82, 2.24) is 25.4 Å². The highest BCUT2D eigenvalue weighted by Gasteiger charge is 2.28. The van der Waals surface area contributed by atoms with Gasteiger partial charge in [0.05, 0.1) is 0 Å². The van der Waals surface area contributed by atoms with Crippen LogP contribution in [0.2, 0.25) is 0 Å². The largest absolute Gasteiger partial charge is 0.348 e. The number of nitrogens with one attached hydrogen (secondary N) is 2. The van der Waals surface area contributed by atoms with Crippen LogP contribution in [0, 0.1) is 5.92 Å². The summed E-state index contributed by atoms with van der Waals surface area (Å²) in [5.41, 5.74) is 0. The van der Waals surface area contributed by atoms with Gasteiger partial charge in [-0.15, -0.1) is 5.10 Å². The van der Waals surface area contributed by atoms with Crippen molar-refractivity contribution in [1.29, 1.82) is 0 Å². The number of likely N-dealkylation sites (N-methyl/N-ethyl adjacent to an activating group) is 1. The molecule has 1 aromatic rings. The zero-order valence-corrected chi connectivity index (χ0v) is 13.5. The maximum atomic E-state index is 12.2. The number of hydrogen-bond donors (Lipinski definition) is 2. The molecule has 1 fully saturated rings. The summed E-state index contributed by atoms with van der Waals surface area (Å²) in [6.07, 6.45) is 4.52. The smallest absolute Gasteiger partial charge is 0.291 e. The van der Waals surface area contributed by atoms with Gasteiger partial charge in [-0.25, -0.2) is 4.98 Å². The quantitative estimate of drug-likeness (QED) is 0.766. The summed E-state index contributed by atoms with van der Waals surface area (Å²) in [5, 5.41) is 9.87. The minimum absolute atomic E-state index is 0.184. The van der Waals surface area contributed by atoms with Gasteiger partial charge < -0.3 is 10.2 Å². The molecule has 1 saturated carbocycles. The van der Waals surface area contributed by atoms with Crippen LogP contribution in [0.4, 0.5) is 0 Å². The van der Waals surface area contributed by atoms with Gasteiger partial charge >= 0.3 is 0 Å². The van der Waals surface area contributed by atoms with Crippen molar-refractivity contribution in [2.75, 3.05) is 20.6 Å². The average Bonchev–Trinajstić information content (AvgIpc) is 3.20. The number of carbonyl (C=O) groups is 1. The fraction of sp³-hybridized carbons (Fsp3) is 0.800. The Morgan fingerprint density at radius 2 is 2.05 bits per heavy atom. The third-order valence-electron chi connectivity index (χ3n) is 4.40. The Kier molecular flexibility index (Phi) is 5.33. The van der Waals surface area contributed by atoms with Crippen molar-refractivity contribution >= 4 is 5.91 Å². The lowest BCUT2D eigenvalue weighted by Crippen LogP contribution is -2.44. The van der Waals surface area contributed by atoms with E-state index in [2.05, 4.69) is 53.3 Å². The molecule has 1 aromatic heterocycles. The molecule has 1 unspecified atom stereocenters. The van der Waals surface area contributed by atoms with E-state index in [9.17, 15) is 4.79 Å². The Labute approximate surface area is 126 Å². The molecular weight excluding hydrogens is 266 g/mol. The van der Waals surface area contributed by atoms with E-state index in [1.54, 1.807) is 0 Å². The minimum atomic E-state index is -0.184. The summed E-state index contributed by atoms with van der Waals surface area (Å²) in [5.74, 6) is 1.99. The average molecular weight is 293 g/mol. The Morgan fingerprint density at radius 1 is 1.38 bits per heavy atom. The highest BCUT2D eigenvalue weighted by Crippen LogP contribution is 2.37. The van der Waals surface area contributed by atoms with Gasteiger partial charge in [0, 0.05) is 18.5 Å². The van der Waals surface area contributed by atoms with Crippen LogP contribution in [-0.2, 0) is 0 Å². The van der Waals surface area contributed by atoms with Crippen LogP contribution >= 0.6 is 0 Å². The zero-order chi connectivity index (χ0) is 15.4. The van der Waals surface area contributed by atoms with Gasteiger partial charge in [0.25, 0.3) is 5.91 Å². The van der Waals surface area contributed by atoms with E-state index < -0.39 is 0 Å². The van der Waals surface area contributed by atoms with Gasteiger partial charge in [0.15, 0.2) is 0 Å². The molecule has 6 nitrogen and oxygen atoms in total. The number of amides is 1. The Hall–Kier alpha value is -1.43. The summed E-state index contributed by atoms with van der Waals surface area (Å²) >= 11 is 0. The van der Waals surface area contributed by atoms with E-state index in [0.29, 0.717) is 24.4 Å². The number of H-pyrrole nitrogens is 1. The third-order valence-corrected chi connectivity index (χ3v) is 4.40. The number of aromatic amines is 1. The van der Waals surface area contributed by atoms with Gasteiger partial charge in [0.1, 0.15) is 5.82 Å². The van der Waals surface area contributed by atoms with E-state index in [-0.39, 0.29) is 11.7 Å². The van der Waals surface area contributed by atoms with Crippen LogP contribution in [-0.4, -0.2) is 52.7 Å². The summed E-state index contributed by atoms with van der Waals surface area (Å²) in [6, 6.07) is 0.339. The third kappa shape index (κ3) is 4.03. The van der Waals surface area contributed by atoms with Crippen molar-refractivity contribution in [3.8, 4) is 0 Å². The first-order chi connectivity index (χ1) is 10.1. The van der Waals surface area contributed by atoms with E-state index in [1.165, 1.54) is 0 Å². The minimum Gasteiger partial charge on any atom is -0.348 e. The Morgan fingerprint density at radius 3 is 2.57 bits per heavy atom. The van der Waals surface area contributed by atoms with Crippen LogP contribution in [0.25, 0.3) is 0 Å². The summed E-state index contributed by atoms with van der Waals surface area (Å²) in [6.45, 7) is 5.03. The lowest BCUT2D eigenvalue weighted by molar-refractivity contribution is 0.0918. The molecule has 2 N–H and O–H groups in total. The second-order valence-corrected chi connectivity index (χ2v) is 6.14. The molecule has 1 amide bonds. The number of hydrogen-bond acceptors (Lipinski definition) is 4. The molecule has 0 aliphatic heterocycles. The number of nitrogens with zero attached hydrogens (tertiary/aromatic N) is 3. The lowest BCUT2D eigenvalue weighted by atomic mass is 9.93. The Balaban J connectivity index is 1.91. The molecule has 2 rings (SSSR count). The normalized spacial score (nSPS) is 16.5. The van der Waals surface area contributed by atoms with Gasteiger partial charge in [-0.1, -0.05) is 26.7 Å². The maximum absolute atomic E-state index is 12.2. The van der Waals surface area contributed by atoms with Gasteiger partial charge in [-0.05, 0) is 32.9 Å². The molecule has 6 heteroatoms. The predicted octanol–water partition coefficient (Wildman–Crippen LogP) is 1.78. The van der Waals surface area contributed by atoms with Crippen molar-refractivity contribution in [3.05, 3.63) is 11.6 Å². The molecule has 21 heavy (non-hydrogen) atoms. The van der Waals surface area contributed by atoms with Crippen molar-refractivity contribution in [2.24, 2.45) is 5.92 Å². The molecule has 1 heterocycles. The molecular formula is C15H27N5O. The molecule has 0 saturated heterocycles. The van der Waals surface area contributed by atoms with Crippen LogP contribution in [0.15, 0.2) is 0 Å². The molecule has 0 aromatic carbocycles. The van der Waals surface area contributed by atoms with Crippen molar-refractivity contribution in [3.63, 3.8) is 0 Å². The number of rotatable bonds is 8. The van der Waals surface area contributed by atoms with Crippen LogP contribution in [0.5, 0.6) is 0 Å². The molecule has 0 spiro atoms. The van der Waals surface area contributed by atoms with E-state index in [1.807, 2.05) is 0 Å². The second-order valence-electron chi connectivity index (χ2n) is 6.14. The highest BCUT2D eigenvalue weighted by molar-refractivity contribution is 5.90. The number of carbonyl (C=O) groups excluding carboxylic acids is 1. The van der Waals surface area contributed by atoms with E-state index in [0.717, 1.165) is 31.5 Å². The monoisotopic (exact) mass is 293 g/mol. The van der Waals surface area contributed by atoms with Gasteiger partial charge in [-0.2, -0.15) is 0 Å². The van der Waals surface area contributed by atoms with E-state index >= 15 is 0 Å². The molecule has 1 aliphatic rings. The fourth-order valence-electron chi connectivity index (χ4n) is 2.80. The number of aromatic nitrogens is 3. The lowest BCUT2D eigenvalue weighted by Gasteiger charge is -2.31. The topological polar surface area (TPSA) is 73.9 Å². The van der Waals surface area contributed by atoms with Crippen LogP contribution in [0.1, 0.15) is 61.9 Å². The molecule has 0 radical (unpaired) electrons. The van der Waals surface area contributed by atoms with Crippen LogP contribution < -0.4 is 5.32 Å². The summed E-state index contributed by atoms with van der Waals surface area (Å²) in [4.78, 5) is 18.6.